The molecule has 9 heteroatoms. The SMILES string of the molecule is CC[C@@H](Nc1c(Nc2cccc(C(=O)N(C)C(C)C)c2O)c(=O)[nH]n(C)c1=O)c1ccccc1. The highest BCUT2D eigenvalue weighted by Crippen LogP contribution is 2.32. The van der Waals surface area contributed by atoms with E-state index in [1.165, 1.54) is 24.1 Å². The van der Waals surface area contributed by atoms with E-state index in [-0.39, 0.29) is 46.4 Å². The maximum absolute atomic E-state index is 13.0. The van der Waals surface area contributed by atoms with E-state index in [9.17, 15) is 19.5 Å². The van der Waals surface area contributed by atoms with Gasteiger partial charge in [0.2, 0.25) is 0 Å². The summed E-state index contributed by atoms with van der Waals surface area (Å²) < 4.78 is 1.10. The van der Waals surface area contributed by atoms with Crippen molar-refractivity contribution < 1.29 is 9.90 Å². The fourth-order valence-corrected chi connectivity index (χ4v) is 3.56. The Balaban J connectivity index is 2.06. The van der Waals surface area contributed by atoms with Crippen molar-refractivity contribution >= 4 is 23.0 Å². The maximum Gasteiger partial charge on any atom is 0.290 e. The fraction of sp³-hybridized carbons (Fsp3) is 0.320. The van der Waals surface area contributed by atoms with Gasteiger partial charge in [-0.1, -0.05) is 43.3 Å². The Labute approximate surface area is 198 Å². The number of carbonyl (C=O) groups excluding carboxylic acids is 1. The van der Waals surface area contributed by atoms with Crippen LogP contribution in [0, 0.1) is 0 Å². The van der Waals surface area contributed by atoms with Crippen LogP contribution in [0.4, 0.5) is 17.1 Å². The molecule has 0 saturated heterocycles. The highest BCUT2D eigenvalue weighted by atomic mass is 16.3. The van der Waals surface area contributed by atoms with E-state index in [1.54, 1.807) is 13.1 Å². The first-order valence-corrected chi connectivity index (χ1v) is 11.2. The zero-order valence-electron chi connectivity index (χ0n) is 20.0. The summed E-state index contributed by atoms with van der Waals surface area (Å²) in [6.45, 7) is 5.71. The molecule has 1 aromatic heterocycles. The molecular formula is C25H31N5O4. The van der Waals surface area contributed by atoms with Crippen LogP contribution >= 0.6 is 0 Å². The number of phenolic OH excluding ortho intramolecular Hbond substituents is 1. The Hall–Kier alpha value is -4.01. The molecule has 0 fully saturated rings. The minimum Gasteiger partial charge on any atom is -0.505 e. The van der Waals surface area contributed by atoms with Gasteiger partial charge in [0, 0.05) is 20.1 Å². The molecule has 0 saturated carbocycles. The lowest BCUT2D eigenvalue weighted by molar-refractivity contribution is 0.0752. The number of para-hydroxylation sites is 1. The molecule has 1 amide bonds. The quantitative estimate of drug-likeness (QED) is 0.378. The second-order valence-corrected chi connectivity index (χ2v) is 8.41. The number of aromatic amines is 1. The van der Waals surface area contributed by atoms with Crippen LogP contribution in [-0.2, 0) is 7.05 Å². The molecule has 3 aromatic rings. The standard InChI is InChI=1S/C25H31N5O4/c1-6-18(16-11-8-7-9-12-16)26-21-20(23(32)28-30(5)25(21)34)27-19-14-10-13-17(22(19)31)24(33)29(4)15(2)3/h7-15,18,26-27,31H,6H2,1-5H3,(H,28,32)/t18-/m1/s1. The normalized spacial score (nSPS) is 11.8. The van der Waals surface area contributed by atoms with E-state index in [2.05, 4.69) is 15.7 Å². The van der Waals surface area contributed by atoms with Crippen molar-refractivity contribution in [2.75, 3.05) is 17.7 Å². The third kappa shape index (κ3) is 4.98. The van der Waals surface area contributed by atoms with Crippen molar-refractivity contribution in [2.45, 2.75) is 39.3 Å². The van der Waals surface area contributed by atoms with Crippen molar-refractivity contribution in [1.29, 1.82) is 0 Å². The number of aromatic nitrogens is 2. The molecule has 3 rings (SSSR count). The zero-order chi connectivity index (χ0) is 25.0. The topological polar surface area (TPSA) is 119 Å². The third-order valence-electron chi connectivity index (χ3n) is 5.81. The van der Waals surface area contributed by atoms with Crippen LogP contribution < -0.4 is 21.8 Å². The van der Waals surface area contributed by atoms with Gasteiger partial charge in [-0.2, -0.15) is 0 Å². The summed E-state index contributed by atoms with van der Waals surface area (Å²) in [6.07, 6.45) is 0.663. The third-order valence-corrected chi connectivity index (χ3v) is 5.81. The molecule has 1 atom stereocenters. The summed E-state index contributed by atoms with van der Waals surface area (Å²) >= 11 is 0. The molecule has 0 spiro atoms. The lowest BCUT2D eigenvalue weighted by Crippen LogP contribution is -2.33. The Morgan fingerprint density at radius 1 is 1.09 bits per heavy atom. The van der Waals surface area contributed by atoms with Crippen molar-refractivity contribution in [3.05, 3.63) is 80.4 Å². The van der Waals surface area contributed by atoms with E-state index in [0.29, 0.717) is 6.42 Å². The minimum atomic E-state index is -0.553. The van der Waals surface area contributed by atoms with Gasteiger partial charge in [-0.25, -0.2) is 0 Å². The lowest BCUT2D eigenvalue weighted by atomic mass is 10.0. The lowest BCUT2D eigenvalue weighted by Gasteiger charge is -2.23. The number of aryl methyl sites for hydroxylation is 1. The second kappa shape index (κ2) is 10.3. The number of amides is 1. The van der Waals surface area contributed by atoms with Crippen molar-refractivity contribution in [3.63, 3.8) is 0 Å². The first kappa shape index (κ1) is 24.6. The monoisotopic (exact) mass is 465 g/mol. The highest BCUT2D eigenvalue weighted by Gasteiger charge is 2.23. The van der Waals surface area contributed by atoms with Crippen LogP contribution in [0.2, 0.25) is 0 Å². The first-order chi connectivity index (χ1) is 16.1. The van der Waals surface area contributed by atoms with Gasteiger partial charge in [0.05, 0.1) is 17.3 Å². The molecule has 0 unspecified atom stereocenters. The maximum atomic E-state index is 13.0. The average Bonchev–Trinajstić information content (AvgIpc) is 2.83. The Morgan fingerprint density at radius 3 is 2.38 bits per heavy atom. The van der Waals surface area contributed by atoms with Crippen molar-refractivity contribution in [2.24, 2.45) is 7.05 Å². The summed E-state index contributed by atoms with van der Waals surface area (Å²) in [7, 11) is 3.11. The molecule has 2 aromatic carbocycles. The zero-order valence-corrected chi connectivity index (χ0v) is 20.0. The van der Waals surface area contributed by atoms with Crippen LogP contribution in [0.3, 0.4) is 0 Å². The molecule has 9 nitrogen and oxygen atoms in total. The van der Waals surface area contributed by atoms with E-state index >= 15 is 0 Å². The van der Waals surface area contributed by atoms with Crippen LogP contribution in [0.1, 0.15) is 49.2 Å². The number of hydrogen-bond acceptors (Lipinski definition) is 6. The van der Waals surface area contributed by atoms with E-state index in [4.69, 9.17) is 0 Å². The van der Waals surface area contributed by atoms with Crippen molar-refractivity contribution in [1.82, 2.24) is 14.7 Å². The van der Waals surface area contributed by atoms with Crippen LogP contribution in [-0.4, -0.2) is 38.8 Å². The summed E-state index contributed by atoms with van der Waals surface area (Å²) in [4.78, 5) is 40.2. The number of phenols is 1. The number of hydrogen-bond donors (Lipinski definition) is 4. The number of benzene rings is 2. The molecule has 0 radical (unpaired) electrons. The summed E-state index contributed by atoms with van der Waals surface area (Å²) in [6, 6.07) is 14.0. The molecular weight excluding hydrogens is 434 g/mol. The van der Waals surface area contributed by atoms with E-state index in [1.807, 2.05) is 51.1 Å². The van der Waals surface area contributed by atoms with Gasteiger partial charge < -0.3 is 20.6 Å². The van der Waals surface area contributed by atoms with Crippen LogP contribution in [0.25, 0.3) is 0 Å². The van der Waals surface area contributed by atoms with Gasteiger partial charge in [0.15, 0.2) is 5.75 Å². The van der Waals surface area contributed by atoms with E-state index < -0.39 is 11.1 Å². The molecule has 180 valence electrons. The molecule has 4 N–H and O–H groups in total. The summed E-state index contributed by atoms with van der Waals surface area (Å²) in [5.74, 6) is -0.663. The van der Waals surface area contributed by atoms with Gasteiger partial charge in [-0.15, -0.1) is 0 Å². The van der Waals surface area contributed by atoms with Gasteiger partial charge in [0.1, 0.15) is 11.4 Å². The summed E-state index contributed by atoms with van der Waals surface area (Å²) in [5.41, 5.74) is 0.215. The average molecular weight is 466 g/mol. The van der Waals surface area contributed by atoms with Gasteiger partial charge in [-0.05, 0) is 38.0 Å². The number of nitrogens with zero attached hydrogens (tertiary/aromatic N) is 2. The van der Waals surface area contributed by atoms with Crippen LogP contribution in [0.5, 0.6) is 5.75 Å². The molecule has 0 bridgehead atoms. The smallest absolute Gasteiger partial charge is 0.290 e. The number of aromatic hydroxyl groups is 1. The van der Waals surface area contributed by atoms with Gasteiger partial charge >= 0.3 is 0 Å². The predicted octanol–water partition coefficient (Wildman–Crippen LogP) is 3.57. The number of rotatable bonds is 8. The Kier molecular flexibility index (Phi) is 7.45. The molecule has 1 heterocycles. The molecule has 0 aliphatic heterocycles. The van der Waals surface area contributed by atoms with Gasteiger partial charge in [-0.3, -0.25) is 24.2 Å². The van der Waals surface area contributed by atoms with Crippen molar-refractivity contribution in [3.8, 4) is 5.75 Å². The first-order valence-electron chi connectivity index (χ1n) is 11.2. The number of nitrogens with one attached hydrogen (secondary N) is 3. The number of anilines is 3. The number of carbonyl (C=O) groups is 1. The summed E-state index contributed by atoms with van der Waals surface area (Å²) in [5, 5.41) is 19.4. The Morgan fingerprint density at radius 2 is 1.76 bits per heavy atom. The molecule has 0 aliphatic rings. The Bertz CT molecular complexity index is 1280. The molecule has 34 heavy (non-hydrogen) atoms. The second-order valence-electron chi connectivity index (χ2n) is 8.41. The largest absolute Gasteiger partial charge is 0.505 e. The van der Waals surface area contributed by atoms with E-state index in [0.717, 1.165) is 10.2 Å². The molecule has 0 aliphatic carbocycles. The highest BCUT2D eigenvalue weighted by molar-refractivity contribution is 5.99. The predicted molar refractivity (Wildman–Crippen MR) is 134 cm³/mol. The number of H-pyrrole nitrogens is 1. The fourth-order valence-electron chi connectivity index (χ4n) is 3.56. The minimum absolute atomic E-state index is 0.0467. The van der Waals surface area contributed by atoms with Crippen LogP contribution in [0.15, 0.2) is 58.1 Å². The van der Waals surface area contributed by atoms with Gasteiger partial charge in [0.25, 0.3) is 17.0 Å².